The molecule has 1 saturated heterocycles. The van der Waals surface area contributed by atoms with Crippen LogP contribution in [0.2, 0.25) is 0 Å². The Labute approximate surface area is 93.3 Å². The summed E-state index contributed by atoms with van der Waals surface area (Å²) in [6.07, 6.45) is 2.42. The van der Waals surface area contributed by atoms with Gasteiger partial charge >= 0.3 is 0 Å². The molecule has 0 amide bonds. The van der Waals surface area contributed by atoms with E-state index >= 15 is 0 Å². The van der Waals surface area contributed by atoms with Crippen molar-refractivity contribution in [2.45, 2.75) is 25.7 Å². The smallest absolute Gasteiger partial charge is 0.0449 e. The van der Waals surface area contributed by atoms with E-state index in [2.05, 4.69) is 45.3 Å². The zero-order valence-electron chi connectivity index (χ0n) is 8.39. The van der Waals surface area contributed by atoms with E-state index in [0.29, 0.717) is 5.92 Å². The molecule has 0 spiro atoms. The molecule has 0 aliphatic carbocycles. The molecule has 2 rings (SSSR count). The number of hydrogen-bond donors (Lipinski definition) is 1. The number of nitrogens with one attached hydrogen (secondary N) is 1. The van der Waals surface area contributed by atoms with Crippen LogP contribution in [0.4, 0.5) is 0 Å². The molecule has 0 unspecified atom stereocenters. The highest BCUT2D eigenvalue weighted by Crippen LogP contribution is 2.26. The fourth-order valence-electron chi connectivity index (χ4n) is 1.98. The maximum absolute atomic E-state index is 4.60. The van der Waals surface area contributed by atoms with E-state index < -0.39 is 0 Å². The lowest BCUT2D eigenvalue weighted by Gasteiger charge is -2.22. The number of halogens is 1. The third kappa shape index (κ3) is 2.34. The van der Waals surface area contributed by atoms with Gasteiger partial charge < -0.3 is 5.32 Å². The first-order valence-corrected chi connectivity index (χ1v) is 5.90. The van der Waals surface area contributed by atoms with Crippen molar-refractivity contribution in [1.82, 2.24) is 10.3 Å². The molecular weight excluding hydrogens is 240 g/mol. The normalized spacial score (nSPS) is 18.4. The van der Waals surface area contributed by atoms with Crippen LogP contribution in [0.1, 0.15) is 30.1 Å². The van der Waals surface area contributed by atoms with Crippen molar-refractivity contribution in [3.8, 4) is 0 Å². The van der Waals surface area contributed by atoms with E-state index in [-0.39, 0.29) is 0 Å². The third-order valence-corrected chi connectivity index (χ3v) is 3.15. The van der Waals surface area contributed by atoms with Crippen molar-refractivity contribution in [2.24, 2.45) is 0 Å². The van der Waals surface area contributed by atoms with Gasteiger partial charge in [-0.25, -0.2) is 0 Å². The number of hydrogen-bond acceptors (Lipinski definition) is 2. The summed E-state index contributed by atoms with van der Waals surface area (Å²) in [5.74, 6) is 0.646. The van der Waals surface area contributed by atoms with E-state index in [4.69, 9.17) is 0 Å². The van der Waals surface area contributed by atoms with Crippen LogP contribution in [0, 0.1) is 6.92 Å². The van der Waals surface area contributed by atoms with Crippen LogP contribution in [0.3, 0.4) is 0 Å². The monoisotopic (exact) mass is 254 g/mol. The molecule has 3 heteroatoms. The van der Waals surface area contributed by atoms with Gasteiger partial charge in [0.2, 0.25) is 0 Å². The van der Waals surface area contributed by atoms with Crippen molar-refractivity contribution in [3.05, 3.63) is 28.0 Å². The molecule has 1 aliphatic rings. The Kier molecular flexibility index (Phi) is 3.19. The van der Waals surface area contributed by atoms with Crippen molar-refractivity contribution in [1.29, 1.82) is 0 Å². The van der Waals surface area contributed by atoms with Gasteiger partial charge in [-0.15, -0.1) is 0 Å². The summed E-state index contributed by atoms with van der Waals surface area (Å²) in [6, 6.07) is 4.22. The van der Waals surface area contributed by atoms with E-state index in [9.17, 15) is 0 Å². The highest BCUT2D eigenvalue weighted by molar-refractivity contribution is 9.10. The largest absolute Gasteiger partial charge is 0.317 e. The Morgan fingerprint density at radius 1 is 1.36 bits per heavy atom. The highest BCUT2D eigenvalue weighted by Gasteiger charge is 2.16. The quantitative estimate of drug-likeness (QED) is 0.834. The Bertz CT molecular complexity index is 299. The van der Waals surface area contributed by atoms with Gasteiger partial charge in [0.1, 0.15) is 0 Å². The second kappa shape index (κ2) is 4.41. The van der Waals surface area contributed by atoms with Gasteiger partial charge in [0.25, 0.3) is 0 Å². The average molecular weight is 255 g/mol. The van der Waals surface area contributed by atoms with Gasteiger partial charge in [0.05, 0.1) is 0 Å². The van der Waals surface area contributed by atoms with Gasteiger partial charge in [-0.2, -0.15) is 0 Å². The number of aryl methyl sites for hydroxylation is 1. The van der Waals surface area contributed by atoms with Crippen LogP contribution in [0.5, 0.6) is 0 Å². The van der Waals surface area contributed by atoms with E-state index in [0.717, 1.165) is 23.3 Å². The zero-order valence-corrected chi connectivity index (χ0v) is 9.97. The second-order valence-corrected chi connectivity index (χ2v) is 4.79. The molecule has 1 aromatic rings. The summed E-state index contributed by atoms with van der Waals surface area (Å²) < 4.78 is 1.15. The predicted octanol–water partition coefficient (Wildman–Crippen LogP) is 2.62. The van der Waals surface area contributed by atoms with Crippen molar-refractivity contribution in [2.75, 3.05) is 13.1 Å². The van der Waals surface area contributed by atoms with Crippen LogP contribution in [-0.2, 0) is 0 Å². The summed E-state index contributed by atoms with van der Waals surface area (Å²) in [5.41, 5.74) is 2.35. The van der Waals surface area contributed by atoms with Gasteiger partial charge in [-0.3, -0.25) is 4.98 Å². The fraction of sp³-hybridized carbons (Fsp3) is 0.545. The van der Waals surface area contributed by atoms with E-state index in [1.165, 1.54) is 18.5 Å². The topological polar surface area (TPSA) is 24.9 Å². The predicted molar refractivity (Wildman–Crippen MR) is 61.5 cm³/mol. The molecule has 1 N–H and O–H groups in total. The van der Waals surface area contributed by atoms with Crippen molar-refractivity contribution >= 4 is 15.9 Å². The molecule has 1 fully saturated rings. The lowest BCUT2D eigenvalue weighted by molar-refractivity contribution is 0.452. The molecular formula is C11H15BrN2. The minimum atomic E-state index is 0.646. The Hall–Kier alpha value is -0.410. The summed E-state index contributed by atoms with van der Waals surface area (Å²) in [4.78, 5) is 4.60. The second-order valence-electron chi connectivity index (χ2n) is 3.88. The van der Waals surface area contributed by atoms with E-state index in [1.54, 1.807) is 0 Å². The lowest BCUT2D eigenvalue weighted by Crippen LogP contribution is -2.27. The van der Waals surface area contributed by atoms with Crippen LogP contribution in [0.25, 0.3) is 0 Å². The number of rotatable bonds is 1. The zero-order chi connectivity index (χ0) is 9.97. The van der Waals surface area contributed by atoms with E-state index in [1.807, 2.05) is 0 Å². The third-order valence-electron chi connectivity index (χ3n) is 2.70. The molecule has 0 radical (unpaired) electrons. The van der Waals surface area contributed by atoms with Crippen LogP contribution in [-0.4, -0.2) is 18.1 Å². The molecule has 0 bridgehead atoms. The van der Waals surface area contributed by atoms with Crippen LogP contribution in [0.15, 0.2) is 16.6 Å². The Balaban J connectivity index is 2.21. The Morgan fingerprint density at radius 2 is 2.07 bits per heavy atom. The number of nitrogens with zero attached hydrogens (tertiary/aromatic N) is 1. The van der Waals surface area contributed by atoms with Gasteiger partial charge in [0.15, 0.2) is 0 Å². The minimum absolute atomic E-state index is 0.646. The summed E-state index contributed by atoms with van der Waals surface area (Å²) in [5, 5.41) is 3.37. The standard InChI is InChI=1S/C11H15BrN2/c1-8-6-10(12)7-11(14-8)9-2-4-13-5-3-9/h6-7,9,13H,2-5H2,1H3. The summed E-state index contributed by atoms with van der Waals surface area (Å²) >= 11 is 3.52. The molecule has 0 saturated carbocycles. The molecule has 0 aromatic carbocycles. The maximum atomic E-state index is 4.60. The van der Waals surface area contributed by atoms with Gasteiger partial charge in [-0.05, 0) is 45.0 Å². The molecule has 1 aliphatic heterocycles. The Morgan fingerprint density at radius 3 is 2.71 bits per heavy atom. The first kappa shape index (κ1) is 10.1. The number of pyridine rings is 1. The molecule has 2 heterocycles. The number of piperidine rings is 1. The highest BCUT2D eigenvalue weighted by atomic mass is 79.9. The SMILES string of the molecule is Cc1cc(Br)cc(C2CCNCC2)n1. The average Bonchev–Trinajstić information content (AvgIpc) is 2.18. The van der Waals surface area contributed by atoms with Gasteiger partial charge in [0, 0.05) is 21.8 Å². The first-order valence-electron chi connectivity index (χ1n) is 5.10. The summed E-state index contributed by atoms with van der Waals surface area (Å²) in [6.45, 7) is 4.30. The molecule has 76 valence electrons. The summed E-state index contributed by atoms with van der Waals surface area (Å²) in [7, 11) is 0. The molecule has 0 atom stereocenters. The maximum Gasteiger partial charge on any atom is 0.0449 e. The van der Waals surface area contributed by atoms with Crippen LogP contribution >= 0.6 is 15.9 Å². The first-order chi connectivity index (χ1) is 6.75. The number of aromatic nitrogens is 1. The lowest BCUT2D eigenvalue weighted by atomic mass is 9.94. The van der Waals surface area contributed by atoms with Crippen molar-refractivity contribution < 1.29 is 0 Å². The van der Waals surface area contributed by atoms with Crippen LogP contribution < -0.4 is 5.32 Å². The molecule has 2 nitrogen and oxygen atoms in total. The molecule has 14 heavy (non-hydrogen) atoms. The molecule has 1 aromatic heterocycles. The minimum Gasteiger partial charge on any atom is -0.317 e. The van der Waals surface area contributed by atoms with Gasteiger partial charge in [-0.1, -0.05) is 15.9 Å². The van der Waals surface area contributed by atoms with Crippen molar-refractivity contribution in [3.63, 3.8) is 0 Å². The fourth-order valence-corrected chi connectivity index (χ4v) is 2.54.